The molecule has 0 aliphatic carbocycles. The van der Waals surface area contributed by atoms with E-state index in [9.17, 15) is 0 Å². The third kappa shape index (κ3) is 11.7. The van der Waals surface area contributed by atoms with Gasteiger partial charge in [0.15, 0.2) is 0 Å². The van der Waals surface area contributed by atoms with E-state index in [2.05, 4.69) is 78.8 Å². The summed E-state index contributed by atoms with van der Waals surface area (Å²) in [5.41, 5.74) is 11.7. The van der Waals surface area contributed by atoms with Gasteiger partial charge in [-0.3, -0.25) is 9.98 Å². The van der Waals surface area contributed by atoms with Gasteiger partial charge in [0.1, 0.15) is 0 Å². The van der Waals surface area contributed by atoms with Gasteiger partial charge in [0.05, 0.1) is 22.8 Å². The predicted molar refractivity (Wildman–Crippen MR) is 181 cm³/mol. The summed E-state index contributed by atoms with van der Waals surface area (Å²) in [5.74, 6) is 0. The number of aliphatic imine (C=N–C) groups is 2. The summed E-state index contributed by atoms with van der Waals surface area (Å²) in [5, 5.41) is 0. The summed E-state index contributed by atoms with van der Waals surface area (Å²) in [6.07, 6.45) is 21.1. The molecule has 40 heavy (non-hydrogen) atoms. The fourth-order valence-electron chi connectivity index (χ4n) is 5.70. The lowest BCUT2D eigenvalue weighted by Gasteiger charge is -2.14. The van der Waals surface area contributed by atoms with Crippen molar-refractivity contribution in [3.63, 3.8) is 0 Å². The minimum atomic E-state index is 0.885. The Bertz CT molecular complexity index is 1060. The van der Waals surface area contributed by atoms with Crippen LogP contribution in [-0.4, -0.2) is 11.4 Å². The van der Waals surface area contributed by atoms with Gasteiger partial charge in [-0.2, -0.15) is 0 Å². The van der Waals surface area contributed by atoms with Gasteiger partial charge in [-0.25, -0.2) is 0 Å². The zero-order chi connectivity index (χ0) is 29.2. The van der Waals surface area contributed by atoms with Crippen molar-refractivity contribution in [1.82, 2.24) is 0 Å². The van der Waals surface area contributed by atoms with Crippen LogP contribution in [0.15, 0.2) is 40.3 Å². The van der Waals surface area contributed by atoms with E-state index in [0.717, 1.165) is 54.9 Å². The van der Waals surface area contributed by atoms with E-state index in [1.165, 1.54) is 105 Å². The van der Waals surface area contributed by atoms with Crippen LogP contribution in [0, 0.1) is 6.92 Å². The van der Waals surface area contributed by atoms with E-state index in [-0.39, 0.29) is 0 Å². The minimum Gasteiger partial charge on any atom is -0.252 e. The van der Waals surface area contributed by atoms with Gasteiger partial charge < -0.3 is 0 Å². The van der Waals surface area contributed by atoms with Gasteiger partial charge >= 0.3 is 0 Å². The maximum Gasteiger partial charge on any atom is 0.0639 e. The van der Waals surface area contributed by atoms with E-state index >= 15 is 0 Å². The molecule has 0 saturated heterocycles. The Morgan fingerprint density at radius 3 is 1.68 bits per heavy atom. The summed E-state index contributed by atoms with van der Waals surface area (Å²) in [6, 6.07) is 11.5. The fraction of sp³-hybridized carbons (Fsp3) is 0.632. The van der Waals surface area contributed by atoms with Gasteiger partial charge in [0.25, 0.3) is 0 Å². The largest absolute Gasteiger partial charge is 0.252 e. The first-order valence-corrected chi connectivity index (χ1v) is 16.8. The first kappa shape index (κ1) is 34.0. The van der Waals surface area contributed by atoms with Crippen LogP contribution in [0.25, 0.3) is 0 Å². The SMILES string of the molecule is CCCCCCCCc1cc(N=C(CC)C(C)=Nc2cc(CCCC)c(C)c(CCCCCC)c2)ccc1CC. The molecule has 0 N–H and O–H groups in total. The van der Waals surface area contributed by atoms with Gasteiger partial charge in [-0.1, -0.05) is 98.5 Å². The number of rotatable bonds is 20. The highest BCUT2D eigenvalue weighted by Gasteiger charge is 2.10. The minimum absolute atomic E-state index is 0.885. The summed E-state index contributed by atoms with van der Waals surface area (Å²) in [4.78, 5) is 10.3. The molecular weight excluding hydrogens is 484 g/mol. The Labute approximate surface area is 248 Å². The van der Waals surface area contributed by atoms with E-state index in [1.54, 1.807) is 0 Å². The number of aryl methyl sites for hydroxylation is 4. The molecular formula is C38H60N2. The molecule has 0 aliphatic rings. The summed E-state index contributed by atoms with van der Waals surface area (Å²) in [6.45, 7) is 15.8. The van der Waals surface area contributed by atoms with Crippen LogP contribution in [0.1, 0.15) is 153 Å². The summed E-state index contributed by atoms with van der Waals surface area (Å²) < 4.78 is 0. The van der Waals surface area contributed by atoms with Gasteiger partial charge in [-0.05, 0) is 117 Å². The first-order chi connectivity index (χ1) is 19.5. The predicted octanol–water partition coefficient (Wildman–Crippen LogP) is 12.2. The van der Waals surface area contributed by atoms with Crippen molar-refractivity contribution in [1.29, 1.82) is 0 Å². The standard InChI is InChI=1S/C38H60N2/c1-8-13-16-18-19-21-24-35-29-36(26-25-32(35)11-4)40-38(12-5)31(7)39-37-27-33(22-15-10-3)30(6)34(28-37)23-20-17-14-9-2/h25-29H,8-24H2,1-7H3. The molecule has 2 rings (SSSR count). The lowest BCUT2D eigenvalue weighted by molar-refractivity contribution is 0.606. The Morgan fingerprint density at radius 2 is 1.07 bits per heavy atom. The third-order valence-electron chi connectivity index (χ3n) is 8.39. The number of unbranched alkanes of at least 4 members (excludes halogenated alkanes) is 9. The highest BCUT2D eigenvalue weighted by molar-refractivity contribution is 6.42. The smallest absolute Gasteiger partial charge is 0.0639 e. The fourth-order valence-corrected chi connectivity index (χ4v) is 5.70. The summed E-state index contributed by atoms with van der Waals surface area (Å²) in [7, 11) is 0. The summed E-state index contributed by atoms with van der Waals surface area (Å²) >= 11 is 0. The lowest BCUT2D eigenvalue weighted by atomic mass is 9.94. The van der Waals surface area contributed by atoms with Crippen LogP contribution in [0.3, 0.4) is 0 Å². The van der Waals surface area contributed by atoms with Crippen molar-refractivity contribution >= 4 is 22.8 Å². The van der Waals surface area contributed by atoms with Crippen molar-refractivity contribution in [3.8, 4) is 0 Å². The number of hydrogen-bond donors (Lipinski definition) is 0. The molecule has 0 atom stereocenters. The maximum atomic E-state index is 5.17. The molecule has 0 aliphatic heterocycles. The molecule has 0 amide bonds. The molecule has 0 fully saturated rings. The Kier molecular flexibility index (Phi) is 16.8. The topological polar surface area (TPSA) is 24.7 Å². The van der Waals surface area contributed by atoms with Crippen LogP contribution < -0.4 is 0 Å². The highest BCUT2D eigenvalue weighted by atomic mass is 14.8. The molecule has 2 nitrogen and oxygen atoms in total. The van der Waals surface area contributed by atoms with E-state index in [1.807, 2.05) is 0 Å². The van der Waals surface area contributed by atoms with Crippen LogP contribution in [0.4, 0.5) is 11.4 Å². The van der Waals surface area contributed by atoms with Crippen molar-refractivity contribution in [3.05, 3.63) is 58.1 Å². The molecule has 0 bridgehead atoms. The average Bonchev–Trinajstić information content (AvgIpc) is 2.96. The second-order valence-electron chi connectivity index (χ2n) is 11.7. The zero-order valence-electron chi connectivity index (χ0n) is 27.3. The highest BCUT2D eigenvalue weighted by Crippen LogP contribution is 2.27. The van der Waals surface area contributed by atoms with E-state index in [4.69, 9.17) is 9.98 Å². The van der Waals surface area contributed by atoms with Crippen molar-refractivity contribution in [2.45, 2.75) is 158 Å². The Balaban J connectivity index is 2.28. The molecule has 0 saturated carbocycles. The molecule has 0 aromatic heterocycles. The number of hydrogen-bond acceptors (Lipinski definition) is 2. The second kappa shape index (κ2) is 19.8. The van der Waals surface area contributed by atoms with E-state index in [0.29, 0.717) is 0 Å². The molecule has 0 heterocycles. The quantitative estimate of drug-likeness (QED) is 0.117. The van der Waals surface area contributed by atoms with Crippen LogP contribution >= 0.6 is 0 Å². The van der Waals surface area contributed by atoms with Crippen LogP contribution in [-0.2, 0) is 25.7 Å². The number of nitrogens with zero attached hydrogens (tertiary/aromatic N) is 2. The molecule has 2 aromatic rings. The molecule has 2 heteroatoms. The van der Waals surface area contributed by atoms with Crippen molar-refractivity contribution in [2.75, 3.05) is 0 Å². The molecule has 222 valence electrons. The Hall–Kier alpha value is -2.22. The number of benzene rings is 2. The third-order valence-corrected chi connectivity index (χ3v) is 8.39. The van der Waals surface area contributed by atoms with Gasteiger partial charge in [-0.15, -0.1) is 0 Å². The normalized spacial score (nSPS) is 12.4. The van der Waals surface area contributed by atoms with E-state index < -0.39 is 0 Å². The van der Waals surface area contributed by atoms with Crippen molar-refractivity contribution in [2.24, 2.45) is 9.98 Å². The lowest BCUT2D eigenvalue weighted by Crippen LogP contribution is -2.09. The zero-order valence-corrected chi connectivity index (χ0v) is 27.3. The van der Waals surface area contributed by atoms with Crippen LogP contribution in [0.5, 0.6) is 0 Å². The Morgan fingerprint density at radius 1 is 0.550 bits per heavy atom. The molecule has 0 radical (unpaired) electrons. The first-order valence-electron chi connectivity index (χ1n) is 16.8. The molecule has 2 aromatic carbocycles. The van der Waals surface area contributed by atoms with Gasteiger partial charge in [0.2, 0.25) is 0 Å². The van der Waals surface area contributed by atoms with Crippen LogP contribution in [0.2, 0.25) is 0 Å². The van der Waals surface area contributed by atoms with Crippen molar-refractivity contribution < 1.29 is 0 Å². The second-order valence-corrected chi connectivity index (χ2v) is 11.7. The monoisotopic (exact) mass is 544 g/mol. The molecule has 0 spiro atoms. The van der Waals surface area contributed by atoms with Gasteiger partial charge in [0, 0.05) is 0 Å². The maximum absolute atomic E-state index is 5.17. The average molecular weight is 545 g/mol. The molecule has 0 unspecified atom stereocenters.